The molecular weight excluding hydrogens is 243 g/mol. The van der Waals surface area contributed by atoms with Gasteiger partial charge in [0.25, 0.3) is 0 Å². The molecule has 0 atom stereocenters. The number of thiocarbonyl (C=S) groups is 1. The summed E-state index contributed by atoms with van der Waals surface area (Å²) in [6.45, 7) is 0. The summed E-state index contributed by atoms with van der Waals surface area (Å²) >= 11 is 4.74. The van der Waals surface area contributed by atoms with Crippen LogP contribution >= 0.6 is 12.2 Å². The van der Waals surface area contributed by atoms with Gasteiger partial charge in [-0.05, 0) is 18.2 Å². The smallest absolute Gasteiger partial charge is 0.341 e. The van der Waals surface area contributed by atoms with E-state index in [-0.39, 0.29) is 16.7 Å². The molecule has 0 radical (unpaired) electrons. The van der Waals surface area contributed by atoms with Crippen LogP contribution in [0.3, 0.4) is 0 Å². The number of halogens is 1. The zero-order valence-electron chi connectivity index (χ0n) is 8.92. The maximum Gasteiger partial charge on any atom is 0.341 e. The van der Waals surface area contributed by atoms with E-state index in [1.165, 1.54) is 23.1 Å². The van der Waals surface area contributed by atoms with Crippen LogP contribution in [0.15, 0.2) is 24.5 Å². The summed E-state index contributed by atoms with van der Waals surface area (Å²) in [7, 11) is 1.69. The van der Waals surface area contributed by atoms with Crippen LogP contribution in [0.25, 0.3) is 0 Å². The van der Waals surface area contributed by atoms with Crippen molar-refractivity contribution >= 4 is 17.2 Å². The lowest BCUT2D eigenvalue weighted by Crippen LogP contribution is -2.09. The van der Waals surface area contributed by atoms with Gasteiger partial charge in [0.15, 0.2) is 11.6 Å². The first kappa shape index (κ1) is 11.5. The minimum absolute atomic E-state index is 0.0243. The molecule has 2 N–H and O–H groups in total. The summed E-state index contributed by atoms with van der Waals surface area (Å²) in [5.41, 5.74) is 5.83. The molecule has 2 rings (SSSR count). The van der Waals surface area contributed by atoms with Crippen LogP contribution in [0.1, 0.15) is 5.56 Å². The van der Waals surface area contributed by atoms with Crippen LogP contribution < -0.4 is 10.5 Å². The molecule has 0 aliphatic heterocycles. The molecule has 0 bridgehead atoms. The van der Waals surface area contributed by atoms with E-state index in [2.05, 4.69) is 10.1 Å². The van der Waals surface area contributed by atoms with Gasteiger partial charge in [0, 0.05) is 12.6 Å². The highest BCUT2D eigenvalue weighted by atomic mass is 32.1. The second-order valence-corrected chi connectivity index (χ2v) is 3.75. The van der Waals surface area contributed by atoms with Gasteiger partial charge in [-0.15, -0.1) is 5.10 Å². The van der Waals surface area contributed by atoms with Gasteiger partial charge in [0.2, 0.25) is 0 Å². The summed E-state index contributed by atoms with van der Waals surface area (Å²) in [6.07, 6.45) is 1.45. The molecule has 1 heterocycles. The molecule has 17 heavy (non-hydrogen) atoms. The maximum absolute atomic E-state index is 13.6. The largest absolute Gasteiger partial charge is 0.420 e. The van der Waals surface area contributed by atoms with Gasteiger partial charge >= 0.3 is 6.01 Å². The van der Waals surface area contributed by atoms with E-state index < -0.39 is 5.82 Å². The number of aryl methyl sites for hydroxylation is 1. The van der Waals surface area contributed by atoms with E-state index in [0.717, 1.165) is 0 Å². The highest BCUT2D eigenvalue weighted by Crippen LogP contribution is 2.22. The molecule has 0 saturated heterocycles. The van der Waals surface area contributed by atoms with Gasteiger partial charge in [0.05, 0.1) is 0 Å². The van der Waals surface area contributed by atoms with Crippen molar-refractivity contribution in [2.24, 2.45) is 12.8 Å². The number of hydrogen-bond donors (Lipinski definition) is 1. The lowest BCUT2D eigenvalue weighted by atomic mass is 10.2. The average Bonchev–Trinajstić information content (AvgIpc) is 2.67. The number of benzene rings is 1. The van der Waals surface area contributed by atoms with Gasteiger partial charge < -0.3 is 10.5 Å². The van der Waals surface area contributed by atoms with Crippen molar-refractivity contribution in [2.45, 2.75) is 0 Å². The molecule has 1 aromatic carbocycles. The number of aromatic nitrogens is 3. The second kappa shape index (κ2) is 4.46. The van der Waals surface area contributed by atoms with Gasteiger partial charge in [-0.1, -0.05) is 12.2 Å². The van der Waals surface area contributed by atoms with Gasteiger partial charge in [0.1, 0.15) is 11.3 Å². The molecule has 1 aromatic heterocycles. The number of ether oxygens (including phenoxy) is 1. The van der Waals surface area contributed by atoms with Crippen molar-refractivity contribution in [2.75, 3.05) is 0 Å². The zero-order valence-corrected chi connectivity index (χ0v) is 9.74. The minimum atomic E-state index is -0.567. The first-order chi connectivity index (χ1) is 8.06. The Morgan fingerprint density at radius 2 is 2.29 bits per heavy atom. The minimum Gasteiger partial charge on any atom is -0.420 e. The molecular formula is C10H9FN4OS. The van der Waals surface area contributed by atoms with E-state index in [1.54, 1.807) is 13.1 Å². The zero-order chi connectivity index (χ0) is 12.4. The van der Waals surface area contributed by atoms with Crippen LogP contribution in [0.5, 0.6) is 11.8 Å². The van der Waals surface area contributed by atoms with E-state index in [1.807, 2.05) is 0 Å². The molecule has 0 aliphatic rings. The average molecular weight is 252 g/mol. The molecule has 0 amide bonds. The topological polar surface area (TPSA) is 66.0 Å². The van der Waals surface area contributed by atoms with Gasteiger partial charge in [-0.25, -0.2) is 4.39 Å². The monoisotopic (exact) mass is 252 g/mol. The van der Waals surface area contributed by atoms with Gasteiger partial charge in [-0.2, -0.15) is 4.98 Å². The number of nitrogens with zero attached hydrogens (tertiary/aromatic N) is 3. The van der Waals surface area contributed by atoms with Crippen LogP contribution in [-0.2, 0) is 7.05 Å². The summed E-state index contributed by atoms with van der Waals surface area (Å²) in [5, 5.41) is 3.87. The van der Waals surface area contributed by atoms with E-state index in [4.69, 9.17) is 22.7 Å². The van der Waals surface area contributed by atoms with Crippen molar-refractivity contribution in [1.29, 1.82) is 0 Å². The van der Waals surface area contributed by atoms with Crippen molar-refractivity contribution in [3.8, 4) is 11.8 Å². The third kappa shape index (κ3) is 2.56. The van der Waals surface area contributed by atoms with E-state index in [9.17, 15) is 4.39 Å². The second-order valence-electron chi connectivity index (χ2n) is 3.31. The predicted octanol–water partition coefficient (Wildman–Crippen LogP) is 1.38. The molecule has 0 saturated carbocycles. The quantitative estimate of drug-likeness (QED) is 0.836. The normalized spacial score (nSPS) is 10.2. The van der Waals surface area contributed by atoms with Crippen LogP contribution in [0.4, 0.5) is 4.39 Å². The molecule has 2 aromatic rings. The van der Waals surface area contributed by atoms with E-state index in [0.29, 0.717) is 5.56 Å². The fourth-order valence-electron chi connectivity index (χ4n) is 1.20. The summed E-state index contributed by atoms with van der Waals surface area (Å²) in [5.74, 6) is -0.543. The first-order valence-corrected chi connectivity index (χ1v) is 5.10. The van der Waals surface area contributed by atoms with Crippen molar-refractivity contribution in [3.05, 3.63) is 35.9 Å². The molecule has 5 nitrogen and oxygen atoms in total. The van der Waals surface area contributed by atoms with Gasteiger partial charge in [-0.3, -0.25) is 4.68 Å². The predicted molar refractivity (Wildman–Crippen MR) is 63.4 cm³/mol. The highest BCUT2D eigenvalue weighted by Gasteiger charge is 2.09. The number of hydrogen-bond acceptors (Lipinski definition) is 4. The Morgan fingerprint density at radius 1 is 1.53 bits per heavy atom. The third-order valence-electron chi connectivity index (χ3n) is 2.00. The summed E-state index contributed by atoms with van der Waals surface area (Å²) in [6, 6.07) is 4.29. The Labute approximate surface area is 102 Å². The number of rotatable bonds is 3. The van der Waals surface area contributed by atoms with E-state index >= 15 is 0 Å². The fraction of sp³-hybridized carbons (Fsp3) is 0.100. The fourth-order valence-corrected chi connectivity index (χ4v) is 1.33. The Balaban J connectivity index is 2.25. The SMILES string of the molecule is Cn1cnc(Oc2ccc(C(N)=S)cc2F)n1. The first-order valence-electron chi connectivity index (χ1n) is 4.69. The maximum atomic E-state index is 13.6. The molecule has 0 aliphatic carbocycles. The molecule has 88 valence electrons. The molecule has 0 spiro atoms. The van der Waals surface area contributed by atoms with Crippen LogP contribution in [0, 0.1) is 5.82 Å². The number of nitrogens with two attached hydrogens (primary N) is 1. The molecule has 0 unspecified atom stereocenters. The van der Waals surface area contributed by atoms with Crippen molar-refractivity contribution in [3.63, 3.8) is 0 Å². The lowest BCUT2D eigenvalue weighted by Gasteiger charge is -2.04. The standard InChI is InChI=1S/C10H9FN4OS/c1-15-5-13-10(14-15)16-8-3-2-6(9(12)17)4-7(8)11/h2-5H,1H3,(H2,12,17). The third-order valence-corrected chi connectivity index (χ3v) is 2.23. The Hall–Kier alpha value is -2.02. The van der Waals surface area contributed by atoms with Crippen molar-refractivity contribution < 1.29 is 9.13 Å². The van der Waals surface area contributed by atoms with Crippen molar-refractivity contribution in [1.82, 2.24) is 14.8 Å². The molecule has 0 fully saturated rings. The summed E-state index contributed by atoms with van der Waals surface area (Å²) in [4.78, 5) is 3.95. The summed E-state index contributed by atoms with van der Waals surface area (Å²) < 4.78 is 20.2. The van der Waals surface area contributed by atoms with Crippen LogP contribution in [0.2, 0.25) is 0 Å². The Morgan fingerprint density at radius 3 is 2.82 bits per heavy atom. The Bertz CT molecular complexity index is 569. The lowest BCUT2D eigenvalue weighted by molar-refractivity contribution is 0.409. The van der Waals surface area contributed by atoms with Crippen LogP contribution in [-0.4, -0.2) is 19.8 Å². The highest BCUT2D eigenvalue weighted by molar-refractivity contribution is 7.80. The Kier molecular flexibility index (Phi) is 3.01. The molecule has 7 heteroatoms.